The van der Waals surface area contributed by atoms with Crippen LogP contribution in [0.2, 0.25) is 0 Å². The second kappa shape index (κ2) is 33.4. The second-order valence-electron chi connectivity index (χ2n) is 21.0. The van der Waals surface area contributed by atoms with Crippen molar-refractivity contribution < 1.29 is 0 Å². The van der Waals surface area contributed by atoms with Crippen LogP contribution in [-0.2, 0) is 18.3 Å². The van der Waals surface area contributed by atoms with Gasteiger partial charge in [-0.15, -0.1) is 79.4 Å². The number of nitrogens with zero attached hydrogens (tertiary/aromatic N) is 7. The van der Waals surface area contributed by atoms with E-state index >= 15 is 0 Å². The zero-order chi connectivity index (χ0) is 54.3. The minimum atomic E-state index is 0.198. The van der Waals surface area contributed by atoms with Gasteiger partial charge in [-0.2, -0.15) is 0 Å². The Bertz CT molecular complexity index is 2310. The van der Waals surface area contributed by atoms with Crippen LogP contribution in [0.1, 0.15) is 271 Å². The molecule has 7 aromatic rings. The van der Waals surface area contributed by atoms with Crippen molar-refractivity contribution in [3.63, 3.8) is 0 Å². The number of hydrogen-bond donors (Lipinski definition) is 0. The quantitative estimate of drug-likeness (QED) is 0.135. The number of rotatable bonds is 10. The van der Waals surface area contributed by atoms with E-state index in [1.54, 1.807) is 56.7 Å². The van der Waals surface area contributed by atoms with Crippen LogP contribution in [0.25, 0.3) is 0 Å². The Morgan fingerprint density at radius 1 is 0.423 bits per heavy atom. The Kier molecular flexibility index (Phi) is 31.2. The van der Waals surface area contributed by atoms with Gasteiger partial charge in [0.25, 0.3) is 0 Å². The van der Waals surface area contributed by atoms with E-state index in [0.717, 1.165) is 18.5 Å². The molecule has 7 aromatic heterocycles. The Hall–Kier alpha value is -2.59. The lowest BCUT2D eigenvalue weighted by atomic mass is 9.93. The zero-order valence-electron chi connectivity index (χ0n) is 48.5. The topological polar surface area (TPSA) is 90.2 Å². The number of hydrogen-bond acceptors (Lipinski definition) is 14. The summed E-state index contributed by atoms with van der Waals surface area (Å²) in [6.45, 7) is 54.0. The molecule has 0 spiro atoms. The lowest BCUT2D eigenvalue weighted by molar-refractivity contribution is 0.569. The molecule has 0 aliphatic carbocycles. The van der Waals surface area contributed by atoms with Gasteiger partial charge in [0.05, 0.1) is 57.8 Å². The molecule has 7 heterocycles. The predicted molar refractivity (Wildman–Crippen MR) is 324 cm³/mol. The Morgan fingerprint density at radius 3 is 1.13 bits per heavy atom. The van der Waals surface area contributed by atoms with E-state index in [9.17, 15) is 0 Å². The van der Waals surface area contributed by atoms with Gasteiger partial charge >= 0.3 is 0 Å². The highest BCUT2D eigenvalue weighted by atomic mass is 32.1. The fourth-order valence-electron chi connectivity index (χ4n) is 5.25. The monoisotopic (exact) mass is 1100 g/mol. The maximum Gasteiger partial charge on any atom is 0.0956 e. The molecule has 7 rings (SSSR count). The van der Waals surface area contributed by atoms with Crippen molar-refractivity contribution in [3.8, 4) is 0 Å². The highest BCUT2D eigenvalue weighted by Gasteiger charge is 2.18. The summed E-state index contributed by atoms with van der Waals surface area (Å²) in [5, 5.41) is 17.4. The van der Waals surface area contributed by atoms with Crippen molar-refractivity contribution in [3.05, 3.63) is 112 Å². The SMILES string of the molecule is CC(C)c1csc(C(C)C)n1.CC(C)c1nc(C(C)(C)C)cs1.CCc1cnc(C(C)C)s1.CCc1csc(C(C)C)n1.Cc1cnc(C(C)C)s1.Cc1csc(C(C)C)n1.Cc1nc(C(C)C)sc1C. The Morgan fingerprint density at radius 2 is 0.873 bits per heavy atom. The average Bonchev–Trinajstić information content (AvgIpc) is 4.15. The molecular weight excluding hydrogens is 1010 g/mol. The lowest BCUT2D eigenvalue weighted by Gasteiger charge is -2.14. The van der Waals surface area contributed by atoms with Crippen molar-refractivity contribution >= 4 is 79.4 Å². The summed E-state index contributed by atoms with van der Waals surface area (Å²) in [4.78, 5) is 34.9. The van der Waals surface area contributed by atoms with Gasteiger partial charge in [0.1, 0.15) is 0 Å². The summed E-state index contributed by atoms with van der Waals surface area (Å²) in [7, 11) is 0. The van der Waals surface area contributed by atoms with E-state index < -0.39 is 0 Å². The molecule has 14 heteroatoms. The van der Waals surface area contributed by atoms with Crippen LogP contribution in [0, 0.1) is 27.7 Å². The second-order valence-corrected chi connectivity index (χ2v) is 28.3. The Labute approximate surface area is 461 Å². The molecule has 71 heavy (non-hydrogen) atoms. The van der Waals surface area contributed by atoms with Crippen molar-refractivity contribution in [2.24, 2.45) is 0 Å². The smallest absolute Gasteiger partial charge is 0.0956 e. The molecule has 0 fully saturated rings. The standard InChI is InChI=1S/C10H17NS.C9H15NS.3C8H13NS.2C7H11NS/c1-7(2)9-11-8(6-12-9)10(3,4)5;1-6(2)8-5-11-9(10-8)7(3)4;1-5(2)8-9-6(3)7(4)10-8;1-4-7-5-10-8(9-7)6(2)3;1-4-7-5-9-8(10-7)6(2)3;1-5(2)7-8-6(3)4-9-7;1-5(2)7-8-4-6(3)9-7/h6-7H,1-5H3;5-7H,1-4H3;5H,1-4H3;2*5-6H,4H2,1-3H3;2*4-5H,1-3H3. The van der Waals surface area contributed by atoms with Crippen LogP contribution in [0.3, 0.4) is 0 Å². The summed E-state index contributed by atoms with van der Waals surface area (Å²) in [6, 6.07) is 0. The molecular formula is C57H93N7S7. The van der Waals surface area contributed by atoms with E-state index in [1.807, 2.05) is 42.0 Å². The van der Waals surface area contributed by atoms with Crippen LogP contribution in [0.15, 0.2) is 33.9 Å². The molecule has 0 aliphatic heterocycles. The van der Waals surface area contributed by atoms with Gasteiger partial charge < -0.3 is 0 Å². The summed E-state index contributed by atoms with van der Waals surface area (Å²) < 4.78 is 0. The molecule has 0 saturated heterocycles. The molecule has 0 amide bonds. The fraction of sp³-hybridized carbons (Fsp3) is 0.632. The fourth-order valence-corrected chi connectivity index (χ4v) is 11.6. The van der Waals surface area contributed by atoms with E-state index in [1.165, 1.54) is 72.5 Å². The summed E-state index contributed by atoms with van der Waals surface area (Å²) >= 11 is 12.5. The van der Waals surface area contributed by atoms with Gasteiger partial charge in [0.2, 0.25) is 0 Å². The maximum atomic E-state index is 4.60. The summed E-state index contributed by atoms with van der Waals surface area (Å²) in [5.74, 6) is 4.64. The average molecular weight is 1100 g/mol. The summed E-state index contributed by atoms with van der Waals surface area (Å²) in [5.41, 5.74) is 6.21. The van der Waals surface area contributed by atoms with Crippen molar-refractivity contribution in [2.45, 2.75) is 239 Å². The van der Waals surface area contributed by atoms with Gasteiger partial charge in [-0.1, -0.05) is 145 Å². The molecule has 398 valence electrons. The normalized spacial score (nSPS) is 11.2. The van der Waals surface area contributed by atoms with Gasteiger partial charge in [-0.3, -0.25) is 0 Å². The van der Waals surface area contributed by atoms with Gasteiger partial charge in [0.15, 0.2) is 0 Å². The molecule has 0 aromatic carbocycles. The minimum Gasteiger partial charge on any atom is -0.249 e. The molecule has 0 unspecified atom stereocenters. The van der Waals surface area contributed by atoms with E-state index in [0.29, 0.717) is 47.3 Å². The van der Waals surface area contributed by atoms with Crippen molar-refractivity contribution in [2.75, 3.05) is 0 Å². The first-order chi connectivity index (χ1) is 33.0. The van der Waals surface area contributed by atoms with Gasteiger partial charge in [0, 0.05) is 101 Å². The van der Waals surface area contributed by atoms with Crippen LogP contribution in [0.4, 0.5) is 0 Å². The highest BCUT2D eigenvalue weighted by Crippen LogP contribution is 2.28. The lowest BCUT2D eigenvalue weighted by Crippen LogP contribution is -2.11. The first-order valence-corrected chi connectivity index (χ1v) is 31.6. The van der Waals surface area contributed by atoms with Gasteiger partial charge in [-0.25, -0.2) is 34.9 Å². The van der Waals surface area contributed by atoms with Crippen LogP contribution < -0.4 is 0 Å². The van der Waals surface area contributed by atoms with Crippen LogP contribution in [0.5, 0.6) is 0 Å². The van der Waals surface area contributed by atoms with Crippen LogP contribution in [-0.4, -0.2) is 34.9 Å². The first kappa shape index (κ1) is 66.4. The zero-order valence-corrected chi connectivity index (χ0v) is 54.2. The molecule has 0 saturated carbocycles. The summed E-state index contributed by atoms with van der Waals surface area (Å²) in [6.07, 6.45) is 6.09. The third-order valence-corrected chi connectivity index (χ3v) is 18.8. The first-order valence-electron chi connectivity index (χ1n) is 25.6. The number of thiazole rings is 7. The van der Waals surface area contributed by atoms with Crippen molar-refractivity contribution in [1.82, 2.24) is 34.9 Å². The third-order valence-electron chi connectivity index (χ3n) is 10.1. The predicted octanol–water partition coefficient (Wildman–Crippen LogP) is 20.6. The number of aromatic nitrogens is 7. The van der Waals surface area contributed by atoms with E-state index in [-0.39, 0.29) is 5.41 Å². The number of aryl methyl sites for hydroxylation is 6. The minimum absolute atomic E-state index is 0.198. The van der Waals surface area contributed by atoms with Crippen molar-refractivity contribution in [1.29, 1.82) is 0 Å². The highest BCUT2D eigenvalue weighted by molar-refractivity contribution is 7.12. The molecule has 0 aliphatic rings. The van der Waals surface area contributed by atoms with E-state index in [2.05, 4.69) is 223 Å². The molecule has 7 nitrogen and oxygen atoms in total. The largest absolute Gasteiger partial charge is 0.249 e. The van der Waals surface area contributed by atoms with Crippen LogP contribution >= 0.6 is 79.4 Å². The molecule has 0 N–H and O–H groups in total. The van der Waals surface area contributed by atoms with E-state index in [4.69, 9.17) is 0 Å². The van der Waals surface area contributed by atoms with Gasteiger partial charge in [-0.05, 0) is 46.5 Å². The Balaban J connectivity index is 0.000000415. The molecule has 0 atom stereocenters. The molecule has 0 radical (unpaired) electrons. The third kappa shape index (κ3) is 26.0. The molecule has 0 bridgehead atoms. The maximum absolute atomic E-state index is 4.60.